The van der Waals surface area contributed by atoms with Gasteiger partial charge in [0, 0.05) is 33.4 Å². The number of hydrogen-bond donors (Lipinski definition) is 1. The number of piperidine rings is 1. The van der Waals surface area contributed by atoms with Crippen LogP contribution in [0.4, 0.5) is 8.78 Å². The standard InChI is InChI=1S/C19H23F2N5O3/c1-29-13-15-7-9-25(10-8-15)17(27)16-12-26(24-23-16)19(20,21)18(28)22-11-14-5-3-2-4-6-14/h2-6,12,15H,7-11,13H2,1H3,(H,22,28). The Kier molecular flexibility index (Phi) is 6.53. The van der Waals surface area contributed by atoms with Gasteiger partial charge in [-0.25, -0.2) is 0 Å². The summed E-state index contributed by atoms with van der Waals surface area (Å²) in [6.07, 6.45) is 2.35. The minimum absolute atomic E-state index is 0.0494. The summed E-state index contributed by atoms with van der Waals surface area (Å²) in [5.74, 6) is -1.63. The van der Waals surface area contributed by atoms with Gasteiger partial charge in [-0.2, -0.15) is 13.5 Å². The molecule has 1 aliphatic rings. The van der Waals surface area contributed by atoms with Gasteiger partial charge in [0.15, 0.2) is 5.69 Å². The van der Waals surface area contributed by atoms with Crippen LogP contribution in [0.1, 0.15) is 28.9 Å². The second-order valence-corrected chi connectivity index (χ2v) is 6.95. The molecule has 8 nitrogen and oxygen atoms in total. The lowest BCUT2D eigenvalue weighted by atomic mass is 9.97. The molecule has 2 heterocycles. The van der Waals surface area contributed by atoms with Gasteiger partial charge in [0.25, 0.3) is 5.91 Å². The molecule has 0 aliphatic carbocycles. The molecule has 0 saturated carbocycles. The number of likely N-dealkylation sites (tertiary alicyclic amines) is 1. The van der Waals surface area contributed by atoms with Crippen LogP contribution in [0.25, 0.3) is 0 Å². The van der Waals surface area contributed by atoms with Gasteiger partial charge >= 0.3 is 12.0 Å². The highest BCUT2D eigenvalue weighted by molar-refractivity contribution is 5.92. The molecular weight excluding hydrogens is 384 g/mol. The molecule has 1 saturated heterocycles. The minimum Gasteiger partial charge on any atom is -0.384 e. The molecule has 10 heteroatoms. The third kappa shape index (κ3) is 4.94. The Morgan fingerprint density at radius 1 is 1.24 bits per heavy atom. The van der Waals surface area contributed by atoms with Gasteiger partial charge in [-0.1, -0.05) is 35.5 Å². The highest BCUT2D eigenvalue weighted by atomic mass is 19.3. The first-order valence-corrected chi connectivity index (χ1v) is 9.33. The molecule has 0 bridgehead atoms. The largest absolute Gasteiger partial charge is 0.423 e. The Bertz CT molecular complexity index is 835. The maximum atomic E-state index is 14.4. The van der Waals surface area contributed by atoms with Crippen molar-refractivity contribution < 1.29 is 23.1 Å². The molecule has 3 rings (SSSR count). The smallest absolute Gasteiger partial charge is 0.384 e. The zero-order chi connectivity index (χ0) is 20.9. The Morgan fingerprint density at radius 2 is 1.93 bits per heavy atom. The normalized spacial score (nSPS) is 15.3. The Hall–Kier alpha value is -2.88. The van der Waals surface area contributed by atoms with E-state index < -0.39 is 17.9 Å². The topological polar surface area (TPSA) is 89.4 Å². The Morgan fingerprint density at radius 3 is 2.59 bits per heavy atom. The van der Waals surface area contributed by atoms with Crippen LogP contribution in [-0.4, -0.2) is 58.5 Å². The number of halogens is 2. The van der Waals surface area contributed by atoms with Gasteiger partial charge in [0.2, 0.25) is 0 Å². The number of carbonyl (C=O) groups excluding carboxylic acids is 2. The van der Waals surface area contributed by atoms with Crippen molar-refractivity contribution in [2.75, 3.05) is 26.8 Å². The van der Waals surface area contributed by atoms with E-state index in [4.69, 9.17) is 4.74 Å². The second-order valence-electron chi connectivity index (χ2n) is 6.95. The first kappa shape index (κ1) is 20.8. The first-order valence-electron chi connectivity index (χ1n) is 9.33. The van der Waals surface area contributed by atoms with Crippen molar-refractivity contribution in [1.82, 2.24) is 25.2 Å². The number of rotatable bonds is 7. The van der Waals surface area contributed by atoms with Crippen LogP contribution in [0.2, 0.25) is 0 Å². The number of nitrogens with one attached hydrogen (secondary N) is 1. The maximum absolute atomic E-state index is 14.4. The summed E-state index contributed by atoms with van der Waals surface area (Å²) in [7, 11) is 1.63. The monoisotopic (exact) mass is 407 g/mol. The van der Waals surface area contributed by atoms with Crippen LogP contribution in [0.5, 0.6) is 0 Å². The lowest BCUT2D eigenvalue weighted by molar-refractivity contribution is -0.164. The molecule has 1 aliphatic heterocycles. The van der Waals surface area contributed by atoms with Crippen LogP contribution < -0.4 is 5.32 Å². The van der Waals surface area contributed by atoms with E-state index in [0.717, 1.165) is 19.0 Å². The number of benzene rings is 1. The van der Waals surface area contributed by atoms with Gasteiger partial charge in [-0.15, -0.1) is 5.10 Å². The van der Waals surface area contributed by atoms with Crippen molar-refractivity contribution in [3.63, 3.8) is 0 Å². The van der Waals surface area contributed by atoms with Crippen molar-refractivity contribution in [1.29, 1.82) is 0 Å². The highest BCUT2D eigenvalue weighted by Crippen LogP contribution is 2.22. The third-order valence-electron chi connectivity index (χ3n) is 4.87. The number of methoxy groups -OCH3 is 1. The summed E-state index contributed by atoms with van der Waals surface area (Å²) < 4.78 is 34.1. The molecule has 1 N–H and O–H groups in total. The number of carbonyl (C=O) groups is 2. The van der Waals surface area contributed by atoms with Gasteiger partial charge < -0.3 is 15.0 Å². The second kappa shape index (κ2) is 9.08. The molecule has 29 heavy (non-hydrogen) atoms. The van der Waals surface area contributed by atoms with E-state index in [9.17, 15) is 18.4 Å². The number of aromatic nitrogens is 3. The predicted octanol–water partition coefficient (Wildman–Crippen LogP) is 1.64. The maximum Gasteiger partial charge on any atom is 0.423 e. The van der Waals surface area contributed by atoms with Gasteiger partial charge in [-0.3, -0.25) is 9.59 Å². The van der Waals surface area contributed by atoms with Crippen molar-refractivity contribution >= 4 is 11.8 Å². The number of ether oxygens (including phenoxy) is 1. The minimum atomic E-state index is -3.97. The van der Waals surface area contributed by atoms with Crippen molar-refractivity contribution in [3.8, 4) is 0 Å². The molecule has 1 fully saturated rings. The molecule has 0 atom stereocenters. The molecule has 1 aromatic heterocycles. The molecule has 2 aromatic rings. The van der Waals surface area contributed by atoms with E-state index in [1.54, 1.807) is 42.3 Å². The van der Waals surface area contributed by atoms with Crippen LogP contribution >= 0.6 is 0 Å². The highest BCUT2D eigenvalue weighted by Gasteiger charge is 2.43. The summed E-state index contributed by atoms with van der Waals surface area (Å²) in [6, 6.07) is 4.72. The predicted molar refractivity (Wildman–Crippen MR) is 99.0 cm³/mol. The van der Waals surface area contributed by atoms with Gasteiger partial charge in [0.1, 0.15) is 0 Å². The zero-order valence-corrected chi connectivity index (χ0v) is 16.1. The summed E-state index contributed by atoms with van der Waals surface area (Å²) >= 11 is 0. The van der Waals surface area contributed by atoms with Crippen LogP contribution in [0, 0.1) is 5.92 Å². The van der Waals surface area contributed by atoms with E-state index in [0.29, 0.717) is 31.2 Å². The molecular formula is C19H23F2N5O3. The Labute approximate surface area is 166 Å². The van der Waals surface area contributed by atoms with Crippen molar-refractivity contribution in [2.45, 2.75) is 25.4 Å². The molecule has 156 valence electrons. The van der Waals surface area contributed by atoms with Crippen LogP contribution in [0.15, 0.2) is 36.5 Å². The number of alkyl halides is 2. The SMILES string of the molecule is COCC1CCN(C(=O)c2cn(C(F)(F)C(=O)NCc3ccccc3)nn2)CC1. The summed E-state index contributed by atoms with van der Waals surface area (Å²) in [6.45, 7) is 1.57. The van der Waals surface area contributed by atoms with Crippen molar-refractivity contribution in [2.24, 2.45) is 5.92 Å². The van der Waals surface area contributed by atoms with Gasteiger partial charge in [0.05, 0.1) is 6.20 Å². The van der Waals surface area contributed by atoms with E-state index >= 15 is 0 Å². The van der Waals surface area contributed by atoms with Crippen LogP contribution in [-0.2, 0) is 22.1 Å². The molecule has 1 aromatic carbocycles. The van der Waals surface area contributed by atoms with Crippen LogP contribution in [0.3, 0.4) is 0 Å². The number of nitrogens with zero attached hydrogens (tertiary/aromatic N) is 4. The molecule has 0 unspecified atom stereocenters. The van der Waals surface area contributed by atoms with E-state index in [-0.39, 0.29) is 16.9 Å². The average Bonchev–Trinajstić information content (AvgIpc) is 3.24. The zero-order valence-electron chi connectivity index (χ0n) is 16.1. The third-order valence-corrected chi connectivity index (χ3v) is 4.87. The fourth-order valence-corrected chi connectivity index (χ4v) is 3.19. The van der Waals surface area contributed by atoms with E-state index in [2.05, 4.69) is 15.6 Å². The van der Waals surface area contributed by atoms with Gasteiger partial charge in [-0.05, 0) is 24.3 Å². The fourth-order valence-electron chi connectivity index (χ4n) is 3.19. The lowest BCUT2D eigenvalue weighted by Gasteiger charge is -2.31. The van der Waals surface area contributed by atoms with Crippen molar-refractivity contribution in [3.05, 3.63) is 47.8 Å². The summed E-state index contributed by atoms with van der Waals surface area (Å²) in [4.78, 5) is 26.0. The fraction of sp³-hybridized carbons (Fsp3) is 0.474. The number of hydrogen-bond acceptors (Lipinski definition) is 5. The summed E-state index contributed by atoms with van der Waals surface area (Å²) in [5.41, 5.74) is 0.466. The van der Waals surface area contributed by atoms with E-state index in [1.165, 1.54) is 0 Å². The molecule has 2 amide bonds. The lowest BCUT2D eigenvalue weighted by Crippen LogP contribution is -2.42. The summed E-state index contributed by atoms with van der Waals surface area (Å²) in [5, 5.41) is 9.03. The molecule has 0 spiro atoms. The molecule has 0 radical (unpaired) electrons. The Balaban J connectivity index is 1.60. The first-order chi connectivity index (χ1) is 13.9. The average molecular weight is 407 g/mol. The quantitative estimate of drug-likeness (QED) is 0.754. The van der Waals surface area contributed by atoms with E-state index in [1.807, 2.05) is 0 Å². The number of amides is 2.